The second kappa shape index (κ2) is 4.19. The number of aromatic nitrogens is 2. The molecular formula is C14H16N2O3. The lowest BCUT2D eigenvalue weighted by molar-refractivity contribution is 0.0694. The fourth-order valence-electron chi connectivity index (χ4n) is 1.96. The van der Waals surface area contributed by atoms with Crippen molar-refractivity contribution in [2.75, 3.05) is 0 Å². The first kappa shape index (κ1) is 13.3. The molecule has 0 amide bonds. The maximum absolute atomic E-state index is 12.1. The van der Waals surface area contributed by atoms with Gasteiger partial charge in [-0.3, -0.25) is 4.79 Å². The van der Waals surface area contributed by atoms with Crippen LogP contribution in [0.4, 0.5) is 0 Å². The van der Waals surface area contributed by atoms with Gasteiger partial charge in [-0.2, -0.15) is 0 Å². The lowest BCUT2D eigenvalue weighted by Crippen LogP contribution is -2.28. The molecule has 0 fully saturated rings. The van der Waals surface area contributed by atoms with Gasteiger partial charge in [-0.25, -0.2) is 9.78 Å². The van der Waals surface area contributed by atoms with Crippen LogP contribution in [0.5, 0.6) is 0 Å². The summed E-state index contributed by atoms with van der Waals surface area (Å²) in [6.07, 6.45) is 1.37. The van der Waals surface area contributed by atoms with Gasteiger partial charge in [-0.1, -0.05) is 0 Å². The van der Waals surface area contributed by atoms with Crippen LogP contribution in [0.2, 0.25) is 0 Å². The number of carboxylic acids is 1. The Labute approximate surface area is 110 Å². The number of carboxylic acid groups (broad SMARTS) is 1. The molecule has 0 saturated heterocycles. The van der Waals surface area contributed by atoms with Gasteiger partial charge in [-0.15, -0.1) is 0 Å². The van der Waals surface area contributed by atoms with Crippen LogP contribution in [0.15, 0.2) is 23.1 Å². The summed E-state index contributed by atoms with van der Waals surface area (Å²) in [5.74, 6) is -1.22. The molecule has 0 saturated carbocycles. The second-order valence-corrected chi connectivity index (χ2v) is 5.54. The first-order valence-electron chi connectivity index (χ1n) is 5.98. The topological polar surface area (TPSA) is 72.2 Å². The van der Waals surface area contributed by atoms with Crippen molar-refractivity contribution >= 4 is 17.0 Å². The van der Waals surface area contributed by atoms with Gasteiger partial charge in [0.25, 0.3) is 0 Å². The fraction of sp³-hybridized carbons (Fsp3) is 0.357. The molecule has 0 aliphatic carbocycles. The summed E-state index contributed by atoms with van der Waals surface area (Å²) >= 11 is 0. The van der Waals surface area contributed by atoms with Crippen LogP contribution in [0.25, 0.3) is 11.0 Å². The van der Waals surface area contributed by atoms with E-state index in [-0.39, 0.29) is 11.1 Å². The molecule has 0 spiro atoms. The molecule has 19 heavy (non-hydrogen) atoms. The standard InChI is InChI=1S/C14H16N2O3/c1-8-5-6-9-11(17)10(13(18)19)7-16(12(9)15-8)14(2,3)4/h5-7H,1-4H3,(H,18,19). The molecule has 2 rings (SSSR count). The lowest BCUT2D eigenvalue weighted by atomic mass is 10.1. The molecule has 5 heteroatoms. The lowest BCUT2D eigenvalue weighted by Gasteiger charge is -2.25. The first-order valence-corrected chi connectivity index (χ1v) is 5.98. The summed E-state index contributed by atoms with van der Waals surface area (Å²) < 4.78 is 1.74. The maximum atomic E-state index is 12.1. The number of carbonyl (C=O) groups is 1. The molecule has 0 atom stereocenters. The number of fused-ring (bicyclic) bond motifs is 1. The summed E-state index contributed by atoms with van der Waals surface area (Å²) in [7, 11) is 0. The molecule has 100 valence electrons. The van der Waals surface area contributed by atoms with Crippen LogP contribution in [0, 0.1) is 6.92 Å². The highest BCUT2D eigenvalue weighted by Gasteiger charge is 2.21. The third-order valence-electron chi connectivity index (χ3n) is 2.94. The summed E-state index contributed by atoms with van der Waals surface area (Å²) in [6, 6.07) is 3.34. The average Bonchev–Trinajstić information content (AvgIpc) is 2.26. The van der Waals surface area contributed by atoms with E-state index in [0.717, 1.165) is 5.69 Å². The Kier molecular flexibility index (Phi) is 2.92. The van der Waals surface area contributed by atoms with Crippen molar-refractivity contribution in [2.45, 2.75) is 33.2 Å². The SMILES string of the molecule is Cc1ccc2c(=O)c(C(=O)O)cn(C(C)(C)C)c2n1. The van der Waals surface area contributed by atoms with Crippen LogP contribution in [0.1, 0.15) is 36.8 Å². The van der Waals surface area contributed by atoms with Gasteiger partial charge in [0, 0.05) is 17.4 Å². The Morgan fingerprint density at radius 1 is 1.32 bits per heavy atom. The Morgan fingerprint density at radius 2 is 1.95 bits per heavy atom. The van der Waals surface area contributed by atoms with Crippen LogP contribution in [-0.2, 0) is 5.54 Å². The van der Waals surface area contributed by atoms with Gasteiger partial charge in [0.2, 0.25) is 5.43 Å². The van der Waals surface area contributed by atoms with Crippen molar-refractivity contribution in [1.82, 2.24) is 9.55 Å². The Balaban J connectivity index is 3.01. The number of rotatable bonds is 1. The molecule has 0 aliphatic rings. The largest absolute Gasteiger partial charge is 0.477 e. The predicted octanol–water partition coefficient (Wildman–Crippen LogP) is 2.16. The summed E-state index contributed by atoms with van der Waals surface area (Å²) in [6.45, 7) is 7.65. The highest BCUT2D eigenvalue weighted by Crippen LogP contribution is 2.20. The van der Waals surface area contributed by atoms with Crippen molar-refractivity contribution in [3.63, 3.8) is 0 Å². The molecule has 1 N–H and O–H groups in total. The van der Waals surface area contributed by atoms with E-state index in [4.69, 9.17) is 5.11 Å². The number of aromatic carboxylic acids is 1. The van der Waals surface area contributed by atoms with Crippen molar-refractivity contribution in [3.8, 4) is 0 Å². The Bertz CT molecular complexity index is 724. The highest BCUT2D eigenvalue weighted by atomic mass is 16.4. The van der Waals surface area contributed by atoms with Crippen LogP contribution >= 0.6 is 0 Å². The molecule has 5 nitrogen and oxygen atoms in total. The number of hydrogen-bond donors (Lipinski definition) is 1. The van der Waals surface area contributed by atoms with E-state index in [1.165, 1.54) is 6.20 Å². The van der Waals surface area contributed by atoms with Crippen LogP contribution < -0.4 is 5.43 Å². The average molecular weight is 260 g/mol. The quantitative estimate of drug-likeness (QED) is 0.852. The van der Waals surface area contributed by atoms with Crippen LogP contribution in [0.3, 0.4) is 0 Å². The highest BCUT2D eigenvalue weighted by molar-refractivity contribution is 5.91. The maximum Gasteiger partial charge on any atom is 0.341 e. The van der Waals surface area contributed by atoms with Gasteiger partial charge in [-0.05, 0) is 39.8 Å². The van der Waals surface area contributed by atoms with E-state index in [2.05, 4.69) is 4.98 Å². The third-order valence-corrected chi connectivity index (χ3v) is 2.94. The molecule has 2 heterocycles. The van der Waals surface area contributed by atoms with Crippen molar-refractivity contribution in [2.24, 2.45) is 0 Å². The third kappa shape index (κ3) is 2.23. The summed E-state index contributed by atoms with van der Waals surface area (Å²) in [5.41, 5.74) is 0.218. The molecule has 0 aromatic carbocycles. The zero-order valence-corrected chi connectivity index (χ0v) is 11.4. The number of hydrogen-bond acceptors (Lipinski definition) is 3. The molecule has 2 aromatic heterocycles. The van der Waals surface area contributed by atoms with E-state index in [0.29, 0.717) is 11.0 Å². The number of aryl methyl sites for hydroxylation is 1. The second-order valence-electron chi connectivity index (χ2n) is 5.54. The van der Waals surface area contributed by atoms with E-state index in [1.54, 1.807) is 16.7 Å². The van der Waals surface area contributed by atoms with Crippen molar-refractivity contribution < 1.29 is 9.90 Å². The van der Waals surface area contributed by atoms with Gasteiger partial charge >= 0.3 is 5.97 Å². The van der Waals surface area contributed by atoms with E-state index >= 15 is 0 Å². The molecular weight excluding hydrogens is 244 g/mol. The smallest absolute Gasteiger partial charge is 0.341 e. The van der Waals surface area contributed by atoms with E-state index in [1.807, 2.05) is 27.7 Å². The first-order chi connectivity index (χ1) is 8.71. The minimum Gasteiger partial charge on any atom is -0.477 e. The van der Waals surface area contributed by atoms with Crippen molar-refractivity contribution in [3.05, 3.63) is 39.8 Å². The molecule has 2 aromatic rings. The number of pyridine rings is 2. The molecule has 0 aliphatic heterocycles. The zero-order valence-electron chi connectivity index (χ0n) is 11.4. The van der Waals surface area contributed by atoms with Gasteiger partial charge < -0.3 is 9.67 Å². The Morgan fingerprint density at radius 3 is 2.47 bits per heavy atom. The molecule has 0 unspecified atom stereocenters. The monoisotopic (exact) mass is 260 g/mol. The van der Waals surface area contributed by atoms with Gasteiger partial charge in [0.15, 0.2) is 0 Å². The Hall–Kier alpha value is -2.17. The normalized spacial score (nSPS) is 11.8. The minimum absolute atomic E-state index is 0.229. The van der Waals surface area contributed by atoms with Crippen LogP contribution in [-0.4, -0.2) is 20.6 Å². The van der Waals surface area contributed by atoms with E-state index in [9.17, 15) is 9.59 Å². The fourth-order valence-corrected chi connectivity index (χ4v) is 1.96. The van der Waals surface area contributed by atoms with Crippen molar-refractivity contribution in [1.29, 1.82) is 0 Å². The summed E-state index contributed by atoms with van der Waals surface area (Å²) in [4.78, 5) is 27.7. The number of nitrogens with zero attached hydrogens (tertiary/aromatic N) is 2. The summed E-state index contributed by atoms with van der Waals surface area (Å²) in [5, 5.41) is 9.47. The van der Waals surface area contributed by atoms with E-state index < -0.39 is 11.4 Å². The molecule has 0 radical (unpaired) electrons. The zero-order chi connectivity index (χ0) is 14.4. The van der Waals surface area contributed by atoms with Gasteiger partial charge in [0.05, 0.1) is 5.39 Å². The predicted molar refractivity (Wildman–Crippen MR) is 72.7 cm³/mol. The van der Waals surface area contributed by atoms with Gasteiger partial charge in [0.1, 0.15) is 11.2 Å². The minimum atomic E-state index is -1.22. The molecule has 0 bridgehead atoms.